The summed E-state index contributed by atoms with van der Waals surface area (Å²) in [6.45, 7) is 3.31. The maximum Gasteiger partial charge on any atom is 0.189 e. The number of ether oxygens (including phenoxy) is 4. The van der Waals surface area contributed by atoms with Gasteiger partial charge in [-0.2, -0.15) is 0 Å². The lowest BCUT2D eigenvalue weighted by molar-refractivity contribution is -0.111. The minimum absolute atomic E-state index is 0.163. The molecule has 0 aromatic heterocycles. The Balaban J connectivity index is 1.35. The van der Waals surface area contributed by atoms with Crippen molar-refractivity contribution in [2.75, 3.05) is 52.9 Å². The molecule has 0 amide bonds. The van der Waals surface area contributed by atoms with Gasteiger partial charge in [-0.15, -0.1) is 0 Å². The zero-order valence-corrected chi connectivity index (χ0v) is 24.3. The summed E-state index contributed by atoms with van der Waals surface area (Å²) < 4.78 is 24.6. The van der Waals surface area contributed by atoms with Crippen molar-refractivity contribution in [1.29, 1.82) is 0 Å². The van der Waals surface area contributed by atoms with E-state index in [1.54, 1.807) is 0 Å². The molecule has 4 rings (SSSR count). The predicted molar refractivity (Wildman–Crippen MR) is 148 cm³/mol. The average molecular weight is 593 g/mol. The predicted octanol–water partition coefficient (Wildman–Crippen LogP) is 3.73. The van der Waals surface area contributed by atoms with Crippen LogP contribution in [0.3, 0.4) is 0 Å². The zero-order valence-electron chi connectivity index (χ0n) is 21.0. The Hall–Kier alpha value is -0.0800. The first-order valence-electron chi connectivity index (χ1n) is 13.0. The fraction of sp³-hybridized carbons (Fsp3) is 0.840. The summed E-state index contributed by atoms with van der Waals surface area (Å²) in [5.74, 6) is 0. The van der Waals surface area contributed by atoms with E-state index in [4.69, 9.17) is 18.9 Å². The van der Waals surface area contributed by atoms with Crippen molar-refractivity contribution in [3.63, 3.8) is 0 Å². The molecule has 0 aromatic carbocycles. The van der Waals surface area contributed by atoms with Gasteiger partial charge in [0.1, 0.15) is 0 Å². The van der Waals surface area contributed by atoms with Crippen LogP contribution in [0, 0.1) is 5.41 Å². The monoisotopic (exact) mass is 592 g/mol. The largest absolute Gasteiger partial charge is 0.379 e. The Morgan fingerprint density at radius 2 is 0.730 bits per heavy atom. The van der Waals surface area contributed by atoms with Crippen molar-refractivity contribution in [3.05, 3.63) is 0 Å². The first-order chi connectivity index (χ1) is 17.9. The van der Waals surface area contributed by atoms with Crippen LogP contribution in [0.2, 0.25) is 0 Å². The van der Waals surface area contributed by atoms with Crippen molar-refractivity contribution in [2.45, 2.75) is 72.4 Å². The summed E-state index contributed by atoms with van der Waals surface area (Å²) in [6.07, 6.45) is 5.66. The van der Waals surface area contributed by atoms with Crippen molar-refractivity contribution in [3.8, 4) is 0 Å². The Labute approximate surface area is 235 Å². The third-order valence-corrected chi connectivity index (χ3v) is 11.4. The second kappa shape index (κ2) is 15.1. The van der Waals surface area contributed by atoms with Crippen LogP contribution in [-0.2, 0) is 38.1 Å². The molecule has 0 N–H and O–H groups in total. The number of carbonyl (C=O) groups is 4. The number of rotatable bonds is 16. The second-order valence-corrected chi connectivity index (χ2v) is 15.6. The van der Waals surface area contributed by atoms with E-state index in [1.165, 1.54) is 47.0 Å². The van der Waals surface area contributed by atoms with Gasteiger partial charge >= 0.3 is 0 Å². The Kier molecular flexibility index (Phi) is 12.2. The van der Waals surface area contributed by atoms with Crippen LogP contribution >= 0.6 is 47.0 Å². The first-order valence-corrected chi connectivity index (χ1v) is 16.5. The molecule has 4 aliphatic rings. The van der Waals surface area contributed by atoms with Gasteiger partial charge in [0.25, 0.3) is 0 Å². The molecule has 0 bridgehead atoms. The Bertz CT molecular complexity index is 691. The molecule has 4 atom stereocenters. The van der Waals surface area contributed by atoms with E-state index in [-0.39, 0.29) is 41.5 Å². The fourth-order valence-corrected chi connectivity index (χ4v) is 8.71. The molecule has 0 aromatic rings. The quantitative estimate of drug-likeness (QED) is 0.261. The molecule has 8 nitrogen and oxygen atoms in total. The molecule has 0 spiro atoms. The van der Waals surface area contributed by atoms with Crippen LogP contribution in [0.15, 0.2) is 0 Å². The molecule has 37 heavy (non-hydrogen) atoms. The number of hydrogen-bond donors (Lipinski definition) is 0. The Morgan fingerprint density at radius 3 is 0.919 bits per heavy atom. The maximum atomic E-state index is 11.7. The third kappa shape index (κ3) is 10.1. The molecule has 4 saturated heterocycles. The van der Waals surface area contributed by atoms with Crippen LogP contribution < -0.4 is 0 Å². The highest BCUT2D eigenvalue weighted by Gasteiger charge is 2.36. The van der Waals surface area contributed by atoms with Crippen molar-refractivity contribution in [1.82, 2.24) is 0 Å². The van der Waals surface area contributed by atoms with Gasteiger partial charge in [0.2, 0.25) is 0 Å². The van der Waals surface area contributed by atoms with Gasteiger partial charge in [-0.3, -0.25) is 19.2 Å². The summed E-state index contributed by atoms with van der Waals surface area (Å²) in [5.41, 5.74) is -0.582. The summed E-state index contributed by atoms with van der Waals surface area (Å²) in [6, 6.07) is 0. The van der Waals surface area contributed by atoms with Crippen LogP contribution in [-0.4, -0.2) is 94.3 Å². The van der Waals surface area contributed by atoms with E-state index >= 15 is 0 Å². The first kappa shape index (κ1) is 29.9. The zero-order chi connectivity index (χ0) is 26.1. The molecular formula is C25H36O8S4. The van der Waals surface area contributed by atoms with E-state index in [9.17, 15) is 19.2 Å². The molecule has 12 heteroatoms. The summed E-state index contributed by atoms with van der Waals surface area (Å²) in [5, 5.41) is 1.51. The smallest absolute Gasteiger partial charge is 0.189 e. The molecule has 0 radical (unpaired) electrons. The van der Waals surface area contributed by atoms with E-state index in [2.05, 4.69) is 0 Å². The molecular weight excluding hydrogens is 557 g/mol. The van der Waals surface area contributed by atoms with Crippen LogP contribution in [0.4, 0.5) is 0 Å². The van der Waals surface area contributed by atoms with Gasteiger partial charge in [0.15, 0.2) is 20.5 Å². The van der Waals surface area contributed by atoms with E-state index in [0.29, 0.717) is 78.5 Å². The van der Waals surface area contributed by atoms with Crippen molar-refractivity contribution in [2.24, 2.45) is 5.41 Å². The standard InChI is InChI=1S/C25H36O8S4/c26-21-5-1-17(34-21)9-30-13-25(14-31-10-18-2-6-22(27)35-18,15-32-11-19-3-7-23(28)36-19)16-33-12-20-4-8-24(29)37-20/h17-20H,1-16H2. The lowest BCUT2D eigenvalue weighted by Crippen LogP contribution is -2.43. The van der Waals surface area contributed by atoms with Gasteiger partial charge in [0.05, 0.1) is 58.3 Å². The molecule has 208 valence electrons. The third-order valence-electron chi connectivity index (χ3n) is 6.72. The minimum atomic E-state index is -0.582. The lowest BCUT2D eigenvalue weighted by Gasteiger charge is -2.34. The van der Waals surface area contributed by atoms with Gasteiger partial charge < -0.3 is 18.9 Å². The van der Waals surface area contributed by atoms with Crippen LogP contribution in [0.25, 0.3) is 0 Å². The topological polar surface area (TPSA) is 105 Å². The molecule has 4 fully saturated rings. The van der Waals surface area contributed by atoms with Gasteiger partial charge in [-0.05, 0) is 25.7 Å². The molecule has 4 heterocycles. The molecule has 4 aliphatic heterocycles. The Morgan fingerprint density at radius 1 is 0.486 bits per heavy atom. The highest BCUT2D eigenvalue weighted by molar-refractivity contribution is 8.15. The second-order valence-electron chi connectivity index (χ2n) is 10.2. The summed E-state index contributed by atoms with van der Waals surface area (Å²) in [7, 11) is 0. The van der Waals surface area contributed by atoms with Gasteiger partial charge in [-0.25, -0.2) is 0 Å². The lowest BCUT2D eigenvalue weighted by atomic mass is 9.92. The minimum Gasteiger partial charge on any atom is -0.379 e. The molecule has 0 saturated carbocycles. The van der Waals surface area contributed by atoms with Crippen LogP contribution in [0.1, 0.15) is 51.4 Å². The number of carbonyl (C=O) groups excluding carboxylic acids is 4. The van der Waals surface area contributed by atoms with E-state index in [0.717, 1.165) is 25.7 Å². The molecule has 0 aliphatic carbocycles. The highest BCUT2D eigenvalue weighted by atomic mass is 32.2. The highest BCUT2D eigenvalue weighted by Crippen LogP contribution is 2.33. The van der Waals surface area contributed by atoms with Gasteiger partial charge in [-0.1, -0.05) is 47.0 Å². The fourth-order valence-electron chi connectivity index (χ4n) is 4.68. The maximum absolute atomic E-state index is 11.7. The van der Waals surface area contributed by atoms with Crippen molar-refractivity contribution >= 4 is 67.5 Å². The summed E-state index contributed by atoms with van der Waals surface area (Å²) in [4.78, 5) is 46.6. The van der Waals surface area contributed by atoms with Crippen LogP contribution in [0.5, 0.6) is 0 Å². The normalized spacial score (nSPS) is 30.1. The SMILES string of the molecule is O=C1CCC(COCC(COCC2CCC(=O)S2)(COCC2CCC(=O)S2)COCC2CCC(=O)S2)S1. The van der Waals surface area contributed by atoms with E-state index in [1.807, 2.05) is 0 Å². The number of thioether (sulfide) groups is 4. The average Bonchev–Trinajstić information content (AvgIpc) is 3.65. The van der Waals surface area contributed by atoms with Crippen molar-refractivity contribution < 1.29 is 38.1 Å². The molecule has 4 unspecified atom stereocenters. The number of hydrogen-bond acceptors (Lipinski definition) is 12. The van der Waals surface area contributed by atoms with Gasteiger partial charge in [0, 0.05) is 46.7 Å². The summed E-state index contributed by atoms with van der Waals surface area (Å²) >= 11 is 5.44. The van der Waals surface area contributed by atoms with E-state index < -0.39 is 5.41 Å².